The number of carbonyl (C=O) groups excluding carboxylic acids is 1. The predicted octanol–water partition coefficient (Wildman–Crippen LogP) is 0.00850. The number of imidazole rings is 1. The van der Waals surface area contributed by atoms with Crippen molar-refractivity contribution >= 4 is 16.9 Å². The lowest BCUT2D eigenvalue weighted by Crippen LogP contribution is -2.46. The molecule has 1 aromatic heterocycles. The summed E-state index contributed by atoms with van der Waals surface area (Å²) >= 11 is 0. The Hall–Kier alpha value is -2.16. The van der Waals surface area contributed by atoms with Crippen molar-refractivity contribution in [1.29, 1.82) is 0 Å². The van der Waals surface area contributed by atoms with E-state index in [9.17, 15) is 14.7 Å². The molecular formula is C17H23N3O5. The first kappa shape index (κ1) is 17.7. The maximum atomic E-state index is 12.6. The fourth-order valence-corrected chi connectivity index (χ4v) is 3.18. The van der Waals surface area contributed by atoms with Gasteiger partial charge in [-0.3, -0.25) is 13.9 Å². The average Bonchev–Trinajstić information content (AvgIpc) is 2.83. The summed E-state index contributed by atoms with van der Waals surface area (Å²) in [5.41, 5.74) is 2.07. The number of aromatic nitrogens is 2. The standard InChI is InChI=1S/C17H23N3O5/c1-19-14-9-11(10-25-8-2-7-21)3-4-12(14)20(17(19)24)13-5-6-15(22)18-16(13)23/h3-4,9,13,15,21-22H,2,5-8,10H2,1H3,(H,18,23). The van der Waals surface area contributed by atoms with Gasteiger partial charge in [-0.25, -0.2) is 4.79 Å². The summed E-state index contributed by atoms with van der Waals surface area (Å²) in [5, 5.41) is 20.8. The van der Waals surface area contributed by atoms with Gasteiger partial charge in [0, 0.05) is 20.3 Å². The van der Waals surface area contributed by atoms with Gasteiger partial charge in [-0.15, -0.1) is 0 Å². The molecule has 2 atom stereocenters. The van der Waals surface area contributed by atoms with Crippen LogP contribution in [0.2, 0.25) is 0 Å². The van der Waals surface area contributed by atoms with Crippen LogP contribution in [0.25, 0.3) is 11.0 Å². The largest absolute Gasteiger partial charge is 0.396 e. The van der Waals surface area contributed by atoms with Crippen molar-refractivity contribution in [3.05, 3.63) is 34.2 Å². The Balaban J connectivity index is 1.91. The highest BCUT2D eigenvalue weighted by Gasteiger charge is 2.31. The first-order valence-corrected chi connectivity index (χ1v) is 8.40. The molecule has 1 saturated heterocycles. The number of rotatable bonds is 6. The minimum Gasteiger partial charge on any atom is -0.396 e. The molecule has 0 spiro atoms. The Morgan fingerprint density at radius 2 is 2.08 bits per heavy atom. The van der Waals surface area contributed by atoms with Gasteiger partial charge in [-0.2, -0.15) is 0 Å². The third kappa shape index (κ3) is 3.46. The maximum Gasteiger partial charge on any atom is 0.329 e. The first-order valence-electron chi connectivity index (χ1n) is 8.40. The molecule has 1 aromatic carbocycles. The topological polar surface area (TPSA) is 106 Å². The van der Waals surface area contributed by atoms with Crippen LogP contribution in [0.4, 0.5) is 0 Å². The van der Waals surface area contributed by atoms with Crippen molar-refractivity contribution in [3.8, 4) is 0 Å². The molecule has 136 valence electrons. The van der Waals surface area contributed by atoms with Crippen molar-refractivity contribution in [3.63, 3.8) is 0 Å². The number of nitrogens with one attached hydrogen (secondary N) is 1. The molecule has 1 fully saturated rings. The van der Waals surface area contributed by atoms with Gasteiger partial charge in [0.05, 0.1) is 17.6 Å². The molecule has 2 heterocycles. The van der Waals surface area contributed by atoms with Crippen molar-refractivity contribution in [2.24, 2.45) is 7.05 Å². The highest BCUT2D eigenvalue weighted by molar-refractivity contribution is 5.85. The number of ether oxygens (including phenoxy) is 1. The molecule has 1 amide bonds. The number of aliphatic hydroxyl groups is 2. The van der Waals surface area contributed by atoms with Crippen molar-refractivity contribution < 1.29 is 19.7 Å². The minimum atomic E-state index is -0.850. The number of amides is 1. The Morgan fingerprint density at radius 3 is 2.80 bits per heavy atom. The lowest BCUT2D eigenvalue weighted by atomic mass is 10.0. The van der Waals surface area contributed by atoms with Gasteiger partial charge in [0.1, 0.15) is 12.3 Å². The zero-order chi connectivity index (χ0) is 18.0. The van der Waals surface area contributed by atoms with Crippen LogP contribution in [-0.4, -0.2) is 44.7 Å². The second kappa shape index (κ2) is 7.38. The number of nitrogens with zero attached hydrogens (tertiary/aromatic N) is 2. The number of hydrogen-bond donors (Lipinski definition) is 3. The van der Waals surface area contributed by atoms with Crippen molar-refractivity contribution in [1.82, 2.24) is 14.5 Å². The number of carbonyl (C=O) groups is 1. The lowest BCUT2D eigenvalue weighted by Gasteiger charge is -2.26. The third-order valence-corrected chi connectivity index (χ3v) is 4.51. The second-order valence-electron chi connectivity index (χ2n) is 6.28. The monoisotopic (exact) mass is 349 g/mol. The molecule has 3 N–H and O–H groups in total. The number of hydrogen-bond acceptors (Lipinski definition) is 5. The van der Waals surface area contributed by atoms with Crippen LogP contribution < -0.4 is 11.0 Å². The van der Waals surface area contributed by atoms with E-state index in [1.54, 1.807) is 7.05 Å². The van der Waals surface area contributed by atoms with E-state index in [2.05, 4.69) is 5.32 Å². The van der Waals surface area contributed by atoms with E-state index in [0.717, 1.165) is 11.1 Å². The van der Waals surface area contributed by atoms with Crippen LogP contribution in [0.15, 0.2) is 23.0 Å². The Morgan fingerprint density at radius 1 is 1.28 bits per heavy atom. The first-order chi connectivity index (χ1) is 12.0. The Bertz CT molecular complexity index is 826. The van der Waals surface area contributed by atoms with Crippen molar-refractivity contribution in [2.45, 2.75) is 38.1 Å². The molecular weight excluding hydrogens is 326 g/mol. The van der Waals surface area contributed by atoms with Crippen LogP contribution in [0.1, 0.15) is 30.9 Å². The second-order valence-corrected chi connectivity index (χ2v) is 6.28. The van der Waals surface area contributed by atoms with Gasteiger partial charge in [0.15, 0.2) is 0 Å². The van der Waals surface area contributed by atoms with E-state index in [0.29, 0.717) is 38.0 Å². The molecule has 3 rings (SSSR count). The molecule has 1 aliphatic rings. The van der Waals surface area contributed by atoms with E-state index in [1.807, 2.05) is 18.2 Å². The van der Waals surface area contributed by atoms with Gasteiger partial charge in [0.25, 0.3) is 0 Å². The normalized spacial score (nSPS) is 20.8. The van der Waals surface area contributed by atoms with Crippen LogP contribution in [0.5, 0.6) is 0 Å². The van der Waals surface area contributed by atoms with Gasteiger partial charge >= 0.3 is 5.69 Å². The van der Waals surface area contributed by atoms with E-state index >= 15 is 0 Å². The summed E-state index contributed by atoms with van der Waals surface area (Å²) in [6, 6.07) is 4.94. The summed E-state index contributed by atoms with van der Waals surface area (Å²) in [4.78, 5) is 24.8. The fourth-order valence-electron chi connectivity index (χ4n) is 3.18. The van der Waals surface area contributed by atoms with Gasteiger partial charge in [-0.1, -0.05) is 6.07 Å². The molecule has 2 unspecified atom stereocenters. The van der Waals surface area contributed by atoms with Crippen LogP contribution in [0.3, 0.4) is 0 Å². The molecule has 2 aromatic rings. The van der Waals surface area contributed by atoms with Crippen LogP contribution in [-0.2, 0) is 23.2 Å². The number of benzene rings is 1. The quantitative estimate of drug-likeness (QED) is 0.637. The average molecular weight is 349 g/mol. The van der Waals surface area contributed by atoms with Crippen LogP contribution in [0, 0.1) is 0 Å². The zero-order valence-corrected chi connectivity index (χ0v) is 14.1. The summed E-state index contributed by atoms with van der Waals surface area (Å²) in [5.74, 6) is -0.343. The fraction of sp³-hybridized carbons (Fsp3) is 0.529. The maximum absolute atomic E-state index is 12.6. The molecule has 1 aliphatic heterocycles. The number of aliphatic hydroxyl groups excluding tert-OH is 2. The third-order valence-electron chi connectivity index (χ3n) is 4.51. The number of aryl methyl sites for hydroxylation is 1. The van der Waals surface area contributed by atoms with Gasteiger partial charge < -0.3 is 20.3 Å². The predicted molar refractivity (Wildman–Crippen MR) is 91.0 cm³/mol. The number of fused-ring (bicyclic) bond motifs is 1. The molecule has 0 bridgehead atoms. The molecule has 8 nitrogen and oxygen atoms in total. The van der Waals surface area contributed by atoms with E-state index < -0.39 is 12.3 Å². The summed E-state index contributed by atoms with van der Waals surface area (Å²) in [7, 11) is 1.67. The van der Waals surface area contributed by atoms with E-state index in [-0.39, 0.29) is 18.2 Å². The Labute approximate surface area is 144 Å². The zero-order valence-electron chi connectivity index (χ0n) is 14.1. The molecule has 0 radical (unpaired) electrons. The SMILES string of the molecule is Cn1c(=O)n(C2CCC(O)NC2=O)c2ccc(COCCCO)cc21. The van der Waals surface area contributed by atoms with E-state index in [4.69, 9.17) is 9.84 Å². The number of piperidine rings is 1. The minimum absolute atomic E-state index is 0.0918. The summed E-state index contributed by atoms with van der Waals surface area (Å²) in [6.45, 7) is 0.957. The molecule has 8 heteroatoms. The summed E-state index contributed by atoms with van der Waals surface area (Å²) in [6.07, 6.45) is 0.561. The smallest absolute Gasteiger partial charge is 0.329 e. The Kier molecular flexibility index (Phi) is 5.22. The molecule has 0 saturated carbocycles. The van der Waals surface area contributed by atoms with Gasteiger partial charge in [-0.05, 0) is 37.0 Å². The molecule has 25 heavy (non-hydrogen) atoms. The highest BCUT2D eigenvalue weighted by atomic mass is 16.5. The van der Waals surface area contributed by atoms with Gasteiger partial charge in [0.2, 0.25) is 5.91 Å². The summed E-state index contributed by atoms with van der Waals surface area (Å²) < 4.78 is 8.50. The van der Waals surface area contributed by atoms with E-state index in [1.165, 1.54) is 9.13 Å². The van der Waals surface area contributed by atoms with Crippen LogP contribution >= 0.6 is 0 Å². The molecule has 0 aliphatic carbocycles. The van der Waals surface area contributed by atoms with Crippen molar-refractivity contribution in [2.75, 3.05) is 13.2 Å². The highest BCUT2D eigenvalue weighted by Crippen LogP contribution is 2.24. The lowest BCUT2D eigenvalue weighted by molar-refractivity contribution is -0.130.